The Morgan fingerprint density at radius 1 is 1.10 bits per heavy atom. The average molecular weight is 301 g/mol. The molecule has 3 rings (SSSR count). The van der Waals surface area contributed by atoms with Gasteiger partial charge in [-0.2, -0.15) is 0 Å². The van der Waals surface area contributed by atoms with E-state index >= 15 is 0 Å². The van der Waals surface area contributed by atoms with E-state index in [0.29, 0.717) is 16.2 Å². The molecule has 106 valence electrons. The predicted octanol–water partition coefficient (Wildman–Crippen LogP) is 3.66. The third kappa shape index (κ3) is 2.58. The molecule has 2 aromatic carbocycles. The van der Waals surface area contributed by atoms with E-state index in [2.05, 4.69) is 4.98 Å². The highest BCUT2D eigenvalue weighted by atomic mass is 35.5. The molecule has 0 spiro atoms. The summed E-state index contributed by atoms with van der Waals surface area (Å²) in [4.78, 5) is 16.8. The number of benzene rings is 2. The van der Waals surface area contributed by atoms with Gasteiger partial charge >= 0.3 is 0 Å². The van der Waals surface area contributed by atoms with E-state index in [-0.39, 0.29) is 11.3 Å². The number of aromatic hydroxyl groups is 1. The number of aromatic amines is 1. The lowest BCUT2D eigenvalue weighted by molar-refractivity contribution is 0.475. The lowest BCUT2D eigenvalue weighted by Gasteiger charge is -2.19. The van der Waals surface area contributed by atoms with Crippen molar-refractivity contribution in [1.82, 2.24) is 4.98 Å². The van der Waals surface area contributed by atoms with E-state index in [1.54, 1.807) is 36.4 Å². The maximum Gasteiger partial charge on any atom is 0.257 e. The first-order chi connectivity index (χ1) is 10.0. The van der Waals surface area contributed by atoms with Gasteiger partial charge in [0.1, 0.15) is 11.6 Å². The Balaban J connectivity index is 2.10. The van der Waals surface area contributed by atoms with Crippen molar-refractivity contribution in [3.63, 3.8) is 0 Å². The molecular formula is C16H13ClN2O2. The maximum atomic E-state index is 12.2. The first kappa shape index (κ1) is 13.5. The Morgan fingerprint density at radius 3 is 2.52 bits per heavy atom. The zero-order valence-electron chi connectivity index (χ0n) is 11.3. The molecule has 0 atom stereocenters. The summed E-state index contributed by atoms with van der Waals surface area (Å²) in [6, 6.07) is 13.9. The first-order valence-electron chi connectivity index (χ1n) is 6.40. The Hall–Kier alpha value is -2.46. The number of anilines is 2. The quantitative estimate of drug-likeness (QED) is 0.759. The van der Waals surface area contributed by atoms with E-state index in [9.17, 15) is 9.90 Å². The fourth-order valence-corrected chi connectivity index (χ4v) is 2.39. The second kappa shape index (κ2) is 5.14. The molecule has 0 bridgehead atoms. The number of rotatable bonds is 2. The fraction of sp³-hybridized carbons (Fsp3) is 0.0625. The SMILES string of the molecule is CN(c1ccc(O)cc1)c1cc2ccc(Cl)cc2c(=O)[nH]1. The third-order valence-corrected chi connectivity index (χ3v) is 3.63. The molecular weight excluding hydrogens is 288 g/mol. The molecule has 0 amide bonds. The minimum Gasteiger partial charge on any atom is -0.508 e. The van der Waals surface area contributed by atoms with Crippen LogP contribution >= 0.6 is 11.6 Å². The number of phenolic OH excluding ortho intramolecular Hbond substituents is 1. The van der Waals surface area contributed by atoms with Crippen LogP contribution in [0.2, 0.25) is 5.02 Å². The van der Waals surface area contributed by atoms with Gasteiger partial charge in [-0.1, -0.05) is 17.7 Å². The van der Waals surface area contributed by atoms with Gasteiger partial charge in [0.15, 0.2) is 0 Å². The van der Waals surface area contributed by atoms with Crippen LogP contribution in [0, 0.1) is 0 Å². The summed E-state index contributed by atoms with van der Waals surface area (Å²) < 4.78 is 0. The van der Waals surface area contributed by atoms with Gasteiger partial charge < -0.3 is 15.0 Å². The second-order valence-corrected chi connectivity index (χ2v) is 5.23. The first-order valence-corrected chi connectivity index (χ1v) is 6.78. The molecule has 1 heterocycles. The molecule has 3 aromatic rings. The molecule has 0 radical (unpaired) electrons. The van der Waals surface area contributed by atoms with Crippen LogP contribution in [0.4, 0.5) is 11.5 Å². The second-order valence-electron chi connectivity index (χ2n) is 4.79. The number of phenols is 1. The summed E-state index contributed by atoms with van der Waals surface area (Å²) in [6.45, 7) is 0. The molecule has 21 heavy (non-hydrogen) atoms. The monoisotopic (exact) mass is 300 g/mol. The van der Waals surface area contributed by atoms with Gasteiger partial charge in [-0.15, -0.1) is 0 Å². The summed E-state index contributed by atoms with van der Waals surface area (Å²) in [5.41, 5.74) is 0.674. The topological polar surface area (TPSA) is 56.3 Å². The highest BCUT2D eigenvalue weighted by molar-refractivity contribution is 6.31. The predicted molar refractivity (Wildman–Crippen MR) is 85.7 cm³/mol. The molecule has 0 aliphatic carbocycles. The largest absolute Gasteiger partial charge is 0.508 e. The molecule has 0 saturated heterocycles. The summed E-state index contributed by atoms with van der Waals surface area (Å²) in [6.07, 6.45) is 0. The van der Waals surface area contributed by atoms with Crippen LogP contribution in [0.1, 0.15) is 0 Å². The summed E-state index contributed by atoms with van der Waals surface area (Å²) in [7, 11) is 1.85. The number of hydrogen-bond acceptors (Lipinski definition) is 3. The van der Waals surface area contributed by atoms with Crippen molar-refractivity contribution in [3.05, 3.63) is 63.9 Å². The Labute approximate surface area is 126 Å². The van der Waals surface area contributed by atoms with Crippen molar-refractivity contribution in [3.8, 4) is 5.75 Å². The van der Waals surface area contributed by atoms with Crippen molar-refractivity contribution in [2.75, 3.05) is 11.9 Å². The number of pyridine rings is 1. The van der Waals surface area contributed by atoms with Crippen LogP contribution in [-0.2, 0) is 0 Å². The molecule has 0 fully saturated rings. The maximum absolute atomic E-state index is 12.2. The lowest BCUT2D eigenvalue weighted by atomic mass is 10.1. The van der Waals surface area contributed by atoms with E-state index < -0.39 is 0 Å². The lowest BCUT2D eigenvalue weighted by Crippen LogP contribution is -2.16. The van der Waals surface area contributed by atoms with Gasteiger partial charge in [0.05, 0.1) is 0 Å². The number of nitrogens with one attached hydrogen (secondary N) is 1. The van der Waals surface area contributed by atoms with E-state index in [4.69, 9.17) is 11.6 Å². The van der Waals surface area contributed by atoms with Gasteiger partial charge in [0.2, 0.25) is 0 Å². The third-order valence-electron chi connectivity index (χ3n) is 3.39. The summed E-state index contributed by atoms with van der Waals surface area (Å²) in [5.74, 6) is 0.870. The fourth-order valence-electron chi connectivity index (χ4n) is 2.21. The average Bonchev–Trinajstić information content (AvgIpc) is 2.48. The van der Waals surface area contributed by atoms with Crippen LogP contribution < -0.4 is 10.5 Å². The smallest absolute Gasteiger partial charge is 0.257 e. The molecule has 0 unspecified atom stereocenters. The summed E-state index contributed by atoms with van der Waals surface area (Å²) in [5, 5.41) is 11.2. The molecule has 4 nitrogen and oxygen atoms in total. The van der Waals surface area contributed by atoms with Crippen molar-refractivity contribution in [2.24, 2.45) is 0 Å². The summed E-state index contributed by atoms with van der Waals surface area (Å²) >= 11 is 5.92. The van der Waals surface area contributed by atoms with Crippen LogP contribution in [-0.4, -0.2) is 17.1 Å². The van der Waals surface area contributed by atoms with E-state index in [1.807, 2.05) is 24.1 Å². The molecule has 5 heteroatoms. The molecule has 0 aliphatic rings. The number of aromatic nitrogens is 1. The molecule has 0 aliphatic heterocycles. The standard InChI is InChI=1S/C16H13ClN2O2/c1-19(12-4-6-13(20)7-5-12)15-8-10-2-3-11(17)9-14(10)16(21)18-15/h2-9,20H,1H3,(H,18,21). The number of H-pyrrole nitrogens is 1. The van der Waals surface area contributed by atoms with Crippen LogP contribution in [0.3, 0.4) is 0 Å². The minimum atomic E-state index is -0.185. The minimum absolute atomic E-state index is 0.185. The Morgan fingerprint density at radius 2 is 1.81 bits per heavy atom. The number of halogens is 1. The van der Waals surface area contributed by atoms with Gasteiger partial charge in [0, 0.05) is 23.1 Å². The van der Waals surface area contributed by atoms with E-state index in [0.717, 1.165) is 11.1 Å². The van der Waals surface area contributed by atoms with Crippen molar-refractivity contribution in [1.29, 1.82) is 0 Å². The number of hydrogen-bond donors (Lipinski definition) is 2. The zero-order valence-corrected chi connectivity index (χ0v) is 12.1. The highest BCUT2D eigenvalue weighted by Crippen LogP contribution is 2.25. The van der Waals surface area contributed by atoms with Gasteiger partial charge in [-0.3, -0.25) is 4.79 Å². The van der Waals surface area contributed by atoms with Crippen molar-refractivity contribution in [2.45, 2.75) is 0 Å². The van der Waals surface area contributed by atoms with Crippen LogP contribution in [0.25, 0.3) is 10.8 Å². The van der Waals surface area contributed by atoms with Crippen molar-refractivity contribution >= 4 is 33.9 Å². The Kier molecular flexibility index (Phi) is 3.31. The van der Waals surface area contributed by atoms with Crippen molar-refractivity contribution < 1.29 is 5.11 Å². The van der Waals surface area contributed by atoms with Gasteiger partial charge in [-0.25, -0.2) is 0 Å². The van der Waals surface area contributed by atoms with Gasteiger partial charge in [0.25, 0.3) is 5.56 Å². The van der Waals surface area contributed by atoms with Crippen LogP contribution in [0.15, 0.2) is 53.3 Å². The normalized spacial score (nSPS) is 10.8. The van der Waals surface area contributed by atoms with Crippen LogP contribution in [0.5, 0.6) is 5.75 Å². The van der Waals surface area contributed by atoms with Gasteiger partial charge in [-0.05, 0) is 47.9 Å². The molecule has 1 aromatic heterocycles. The molecule has 0 saturated carbocycles. The Bertz CT molecular complexity index is 856. The number of fused-ring (bicyclic) bond motifs is 1. The molecule has 2 N–H and O–H groups in total. The number of nitrogens with zero attached hydrogens (tertiary/aromatic N) is 1. The highest BCUT2D eigenvalue weighted by Gasteiger charge is 2.08. The zero-order chi connectivity index (χ0) is 15.0. The van der Waals surface area contributed by atoms with E-state index in [1.165, 1.54) is 0 Å².